The van der Waals surface area contributed by atoms with Gasteiger partial charge in [0.2, 0.25) is 0 Å². The van der Waals surface area contributed by atoms with Crippen LogP contribution in [-0.2, 0) is 6.18 Å². The Balaban J connectivity index is 1.53. The second-order valence-corrected chi connectivity index (χ2v) is 7.75. The number of piperidine rings is 1. The third kappa shape index (κ3) is 4.44. The van der Waals surface area contributed by atoms with Crippen molar-refractivity contribution in [3.05, 3.63) is 59.5 Å². The summed E-state index contributed by atoms with van der Waals surface area (Å²) in [7, 11) is 0. The second kappa shape index (κ2) is 8.60. The van der Waals surface area contributed by atoms with E-state index in [1.165, 1.54) is 6.07 Å². The van der Waals surface area contributed by atoms with Crippen molar-refractivity contribution >= 4 is 11.7 Å². The Hall–Kier alpha value is -3.43. The molecule has 0 saturated carbocycles. The standard InChI is InChI=1S/C22H22F3N5O2/c1-13-18(28-19-10-9-15(12-26-19)22(23,24)25)8-5-11-30(13)21(31)17-7-4-3-6-16(17)20-27-14(2)29-32-20/h3-4,6-7,9-10,12-13,18H,5,8,11H2,1-2H3,(H,26,28). The van der Waals surface area contributed by atoms with Crippen molar-refractivity contribution in [1.29, 1.82) is 0 Å². The third-order valence-corrected chi connectivity index (χ3v) is 5.59. The summed E-state index contributed by atoms with van der Waals surface area (Å²) in [4.78, 5) is 23.3. The molecule has 2 aromatic heterocycles. The first-order valence-electron chi connectivity index (χ1n) is 10.2. The van der Waals surface area contributed by atoms with Crippen molar-refractivity contribution in [2.75, 3.05) is 11.9 Å². The van der Waals surface area contributed by atoms with E-state index in [0.717, 1.165) is 25.1 Å². The highest BCUT2D eigenvalue weighted by Crippen LogP contribution is 2.30. The minimum absolute atomic E-state index is 0.158. The number of likely N-dealkylation sites (tertiary alicyclic amines) is 1. The number of nitrogens with zero attached hydrogens (tertiary/aromatic N) is 4. The lowest BCUT2D eigenvalue weighted by molar-refractivity contribution is -0.137. The molecule has 32 heavy (non-hydrogen) atoms. The molecule has 10 heteroatoms. The summed E-state index contributed by atoms with van der Waals surface area (Å²) in [6.45, 7) is 4.18. The number of aromatic nitrogens is 3. The van der Waals surface area contributed by atoms with E-state index < -0.39 is 11.7 Å². The Labute approximate surface area is 182 Å². The van der Waals surface area contributed by atoms with Crippen LogP contribution in [0.2, 0.25) is 0 Å². The van der Waals surface area contributed by atoms with E-state index in [-0.39, 0.29) is 23.9 Å². The van der Waals surface area contributed by atoms with Gasteiger partial charge in [-0.3, -0.25) is 4.79 Å². The molecule has 0 radical (unpaired) electrons. The summed E-state index contributed by atoms with van der Waals surface area (Å²) >= 11 is 0. The Kier molecular flexibility index (Phi) is 5.86. The summed E-state index contributed by atoms with van der Waals surface area (Å²) in [5.41, 5.74) is 0.213. The highest BCUT2D eigenvalue weighted by molar-refractivity contribution is 6.00. The van der Waals surface area contributed by atoms with Gasteiger partial charge in [-0.05, 0) is 51.0 Å². The van der Waals surface area contributed by atoms with Crippen LogP contribution in [-0.4, -0.2) is 44.6 Å². The summed E-state index contributed by atoms with van der Waals surface area (Å²) in [6, 6.07) is 8.99. The molecule has 7 nitrogen and oxygen atoms in total. The minimum Gasteiger partial charge on any atom is -0.365 e. The maximum atomic E-state index is 13.4. The fourth-order valence-electron chi connectivity index (χ4n) is 3.88. The number of hydrogen-bond acceptors (Lipinski definition) is 6. The minimum atomic E-state index is -4.43. The predicted octanol–water partition coefficient (Wildman–Crippen LogP) is 4.56. The third-order valence-electron chi connectivity index (χ3n) is 5.59. The fraction of sp³-hybridized carbons (Fsp3) is 0.364. The number of anilines is 1. The fourth-order valence-corrected chi connectivity index (χ4v) is 3.88. The van der Waals surface area contributed by atoms with Gasteiger partial charge in [0.1, 0.15) is 5.82 Å². The van der Waals surface area contributed by atoms with Crippen molar-refractivity contribution in [3.63, 3.8) is 0 Å². The van der Waals surface area contributed by atoms with Crippen molar-refractivity contribution < 1.29 is 22.5 Å². The van der Waals surface area contributed by atoms with Gasteiger partial charge < -0.3 is 14.7 Å². The van der Waals surface area contributed by atoms with Gasteiger partial charge in [-0.1, -0.05) is 17.3 Å². The quantitative estimate of drug-likeness (QED) is 0.634. The second-order valence-electron chi connectivity index (χ2n) is 7.75. The number of alkyl halides is 3. The van der Waals surface area contributed by atoms with Crippen molar-refractivity contribution in [1.82, 2.24) is 20.0 Å². The number of hydrogen-bond donors (Lipinski definition) is 1. The summed E-state index contributed by atoms with van der Waals surface area (Å²) in [5.74, 6) is 0.920. The average molecular weight is 445 g/mol. The molecular formula is C22H22F3N5O2. The van der Waals surface area contributed by atoms with E-state index in [2.05, 4.69) is 20.4 Å². The van der Waals surface area contributed by atoms with Crippen molar-refractivity contribution in [2.45, 2.75) is 44.9 Å². The highest BCUT2D eigenvalue weighted by atomic mass is 19.4. The van der Waals surface area contributed by atoms with Crippen LogP contribution >= 0.6 is 0 Å². The van der Waals surface area contributed by atoms with E-state index in [1.807, 2.05) is 6.92 Å². The van der Waals surface area contributed by atoms with Gasteiger partial charge >= 0.3 is 6.18 Å². The Morgan fingerprint density at radius 3 is 2.66 bits per heavy atom. The van der Waals surface area contributed by atoms with Gasteiger partial charge in [0, 0.05) is 24.8 Å². The molecule has 2 unspecified atom stereocenters. The summed E-state index contributed by atoms with van der Waals surface area (Å²) in [5, 5.41) is 6.98. The number of nitrogens with one attached hydrogen (secondary N) is 1. The number of benzene rings is 1. The number of carbonyl (C=O) groups is 1. The molecule has 1 amide bonds. The lowest BCUT2D eigenvalue weighted by Crippen LogP contribution is -2.52. The SMILES string of the molecule is Cc1noc(-c2ccccc2C(=O)N2CCCC(Nc3ccc(C(F)(F)F)cn3)C2C)n1. The maximum Gasteiger partial charge on any atom is 0.417 e. The van der Waals surface area contributed by atoms with Crippen LogP contribution in [0.1, 0.15) is 41.5 Å². The van der Waals surface area contributed by atoms with Crippen LogP contribution in [0.5, 0.6) is 0 Å². The number of halogens is 3. The Bertz CT molecular complexity index is 1100. The largest absolute Gasteiger partial charge is 0.417 e. The van der Waals surface area contributed by atoms with Crippen LogP contribution in [0, 0.1) is 6.92 Å². The van der Waals surface area contributed by atoms with E-state index in [9.17, 15) is 18.0 Å². The molecule has 2 atom stereocenters. The van der Waals surface area contributed by atoms with Crippen LogP contribution in [0.4, 0.5) is 19.0 Å². The topological polar surface area (TPSA) is 84.2 Å². The van der Waals surface area contributed by atoms with Gasteiger partial charge in [-0.25, -0.2) is 4.98 Å². The van der Waals surface area contributed by atoms with E-state index >= 15 is 0 Å². The molecule has 1 aromatic carbocycles. The maximum absolute atomic E-state index is 13.4. The first-order valence-corrected chi connectivity index (χ1v) is 10.2. The molecule has 1 saturated heterocycles. The lowest BCUT2D eigenvalue weighted by Gasteiger charge is -2.40. The van der Waals surface area contributed by atoms with Gasteiger partial charge in [0.15, 0.2) is 5.82 Å². The first kappa shape index (κ1) is 21.8. The van der Waals surface area contributed by atoms with Crippen LogP contribution in [0.15, 0.2) is 47.1 Å². The summed E-state index contributed by atoms with van der Waals surface area (Å²) < 4.78 is 43.6. The molecule has 1 aliphatic rings. The van der Waals surface area contributed by atoms with Crippen molar-refractivity contribution in [2.24, 2.45) is 0 Å². The van der Waals surface area contributed by atoms with Gasteiger partial charge in [0.05, 0.1) is 16.7 Å². The zero-order valence-corrected chi connectivity index (χ0v) is 17.6. The number of amides is 1. The highest BCUT2D eigenvalue weighted by Gasteiger charge is 2.34. The molecule has 1 aliphatic heterocycles. The Morgan fingerprint density at radius 2 is 2.00 bits per heavy atom. The van der Waals surface area contributed by atoms with Crippen molar-refractivity contribution in [3.8, 4) is 11.5 Å². The van der Waals surface area contributed by atoms with Crippen LogP contribution in [0.25, 0.3) is 11.5 Å². The average Bonchev–Trinajstić information content (AvgIpc) is 3.21. The molecule has 3 heterocycles. The zero-order valence-electron chi connectivity index (χ0n) is 17.6. The molecule has 0 spiro atoms. The Morgan fingerprint density at radius 1 is 1.22 bits per heavy atom. The van der Waals surface area contributed by atoms with E-state index in [0.29, 0.717) is 29.3 Å². The molecule has 4 rings (SSSR count). The predicted molar refractivity (Wildman–Crippen MR) is 111 cm³/mol. The number of pyridine rings is 1. The van der Waals surface area contributed by atoms with E-state index in [4.69, 9.17) is 4.52 Å². The van der Waals surface area contributed by atoms with Gasteiger partial charge in [-0.2, -0.15) is 18.2 Å². The van der Waals surface area contributed by atoms with E-state index in [1.54, 1.807) is 36.1 Å². The molecular weight excluding hydrogens is 423 g/mol. The molecule has 1 N–H and O–H groups in total. The molecule has 0 bridgehead atoms. The normalized spacial score (nSPS) is 19.1. The summed E-state index contributed by atoms with van der Waals surface area (Å²) in [6.07, 6.45) is -2.12. The first-order chi connectivity index (χ1) is 15.2. The molecule has 3 aromatic rings. The molecule has 1 fully saturated rings. The monoisotopic (exact) mass is 445 g/mol. The number of carbonyl (C=O) groups excluding carboxylic acids is 1. The number of aryl methyl sites for hydroxylation is 1. The van der Waals surface area contributed by atoms with Gasteiger partial charge in [-0.15, -0.1) is 0 Å². The smallest absolute Gasteiger partial charge is 0.365 e. The van der Waals surface area contributed by atoms with Crippen LogP contribution in [0.3, 0.4) is 0 Å². The molecule has 0 aliphatic carbocycles. The lowest BCUT2D eigenvalue weighted by atomic mass is 9.95. The van der Waals surface area contributed by atoms with Gasteiger partial charge in [0.25, 0.3) is 11.8 Å². The van der Waals surface area contributed by atoms with Crippen LogP contribution < -0.4 is 5.32 Å². The zero-order chi connectivity index (χ0) is 22.9. The number of rotatable bonds is 4. The molecule has 168 valence electrons.